The Bertz CT molecular complexity index is 387. The summed E-state index contributed by atoms with van der Waals surface area (Å²) in [6, 6.07) is 7.27. The third kappa shape index (κ3) is 5.62. The molecule has 1 rings (SSSR count). The van der Waals surface area contributed by atoms with Crippen molar-refractivity contribution < 1.29 is 0 Å². The zero-order valence-electron chi connectivity index (χ0n) is 15.1. The maximum atomic E-state index is 2.58. The van der Waals surface area contributed by atoms with Gasteiger partial charge in [0.25, 0.3) is 0 Å². The van der Waals surface area contributed by atoms with Gasteiger partial charge in [-0.05, 0) is 0 Å². The molecule has 0 nitrogen and oxygen atoms in total. The number of rotatable bonds is 10. The molecule has 0 aromatic heterocycles. The van der Waals surface area contributed by atoms with E-state index in [9.17, 15) is 0 Å². The van der Waals surface area contributed by atoms with Crippen molar-refractivity contribution in [2.24, 2.45) is 0 Å². The van der Waals surface area contributed by atoms with Gasteiger partial charge in [-0.15, -0.1) is 0 Å². The molecule has 0 heterocycles. The average molecular weight is 395 g/mol. The van der Waals surface area contributed by atoms with Gasteiger partial charge in [0.2, 0.25) is 0 Å². The first-order chi connectivity index (χ1) is 10.1. The molecule has 0 unspecified atom stereocenters. The van der Waals surface area contributed by atoms with E-state index in [1.54, 1.807) is 18.9 Å². The van der Waals surface area contributed by atoms with Gasteiger partial charge in [-0.1, -0.05) is 0 Å². The van der Waals surface area contributed by atoms with Crippen molar-refractivity contribution in [2.45, 2.75) is 86.5 Å². The van der Waals surface area contributed by atoms with Gasteiger partial charge in [0.05, 0.1) is 0 Å². The molecule has 120 valence electrons. The van der Waals surface area contributed by atoms with Crippen LogP contribution < -0.4 is 3.58 Å². The monoisotopic (exact) mass is 396 g/mol. The molecular weight excluding hydrogens is 359 g/mol. The Morgan fingerprint density at radius 3 is 1.67 bits per heavy atom. The minimum absolute atomic E-state index is 1.36. The van der Waals surface area contributed by atoms with Gasteiger partial charge in [0, 0.05) is 0 Å². The molecule has 1 heteroatoms. The van der Waals surface area contributed by atoms with Gasteiger partial charge in [-0.25, -0.2) is 0 Å². The third-order valence-corrected chi connectivity index (χ3v) is 21.0. The molecule has 0 radical (unpaired) electrons. The number of unbranched alkanes of at least 4 members (excludes halogenated alkanes) is 3. The summed E-state index contributed by atoms with van der Waals surface area (Å²) in [6.07, 6.45) is 8.45. The van der Waals surface area contributed by atoms with Crippen LogP contribution >= 0.6 is 0 Å². The zero-order chi connectivity index (χ0) is 15.7. The standard InChI is InChI=1S/C8H9.3C4H9.Sn/c1-7-3-5-8(2)6-4-7;3*1-3-4-2;/h3-5H,1-2H3;3*1,3-4H2,2H3;. The summed E-state index contributed by atoms with van der Waals surface area (Å²) in [5.41, 5.74) is 3.07. The molecule has 0 N–H and O–H groups in total. The van der Waals surface area contributed by atoms with Crippen LogP contribution in [0.25, 0.3) is 0 Å². The Labute approximate surface area is 137 Å². The molecule has 1 aromatic carbocycles. The summed E-state index contributed by atoms with van der Waals surface area (Å²) in [6.45, 7) is 11.7. The van der Waals surface area contributed by atoms with Crippen LogP contribution in [0.1, 0.15) is 70.4 Å². The summed E-state index contributed by atoms with van der Waals surface area (Å²) < 4.78 is 6.60. The fourth-order valence-electron chi connectivity index (χ4n) is 3.63. The molecule has 0 aliphatic rings. The van der Waals surface area contributed by atoms with E-state index in [0.29, 0.717) is 0 Å². The van der Waals surface area contributed by atoms with Crippen LogP contribution in [0.15, 0.2) is 18.2 Å². The Morgan fingerprint density at radius 2 is 1.24 bits per heavy atom. The van der Waals surface area contributed by atoms with E-state index in [4.69, 9.17) is 0 Å². The Balaban J connectivity index is 3.19. The van der Waals surface area contributed by atoms with Crippen molar-refractivity contribution >= 4 is 22.0 Å². The average Bonchev–Trinajstić information content (AvgIpc) is 2.49. The Kier molecular flexibility index (Phi) is 9.01. The summed E-state index contributed by atoms with van der Waals surface area (Å²) >= 11 is -2.20. The van der Waals surface area contributed by atoms with Gasteiger partial charge < -0.3 is 0 Å². The Morgan fingerprint density at radius 1 is 0.762 bits per heavy atom. The number of benzene rings is 1. The van der Waals surface area contributed by atoms with Crippen molar-refractivity contribution in [3.05, 3.63) is 29.3 Å². The molecule has 0 spiro atoms. The third-order valence-electron chi connectivity index (χ3n) is 4.99. The maximum absolute atomic E-state index is 2.58. The predicted molar refractivity (Wildman–Crippen MR) is 100 cm³/mol. The molecule has 0 saturated heterocycles. The second-order valence-electron chi connectivity index (χ2n) is 6.91. The van der Waals surface area contributed by atoms with Crippen LogP contribution in [0, 0.1) is 13.8 Å². The van der Waals surface area contributed by atoms with Gasteiger partial charge in [0.15, 0.2) is 0 Å². The van der Waals surface area contributed by atoms with Crippen molar-refractivity contribution in [3.63, 3.8) is 0 Å². The minimum atomic E-state index is -2.20. The second kappa shape index (κ2) is 9.92. The van der Waals surface area contributed by atoms with Crippen molar-refractivity contribution in [1.82, 2.24) is 0 Å². The summed E-state index contributed by atoms with van der Waals surface area (Å²) in [4.78, 5) is 0. The molecule has 1 aromatic rings. The van der Waals surface area contributed by atoms with Gasteiger partial charge in [-0.3, -0.25) is 0 Å². The van der Waals surface area contributed by atoms with Crippen LogP contribution in [-0.4, -0.2) is 18.4 Å². The summed E-state index contributed by atoms with van der Waals surface area (Å²) in [5.74, 6) is 0. The van der Waals surface area contributed by atoms with Gasteiger partial charge in [0.1, 0.15) is 0 Å². The van der Waals surface area contributed by atoms with Crippen LogP contribution in [0.4, 0.5) is 0 Å². The number of aryl methyl sites for hydroxylation is 2. The molecule has 0 aliphatic carbocycles. The predicted octanol–water partition coefficient (Wildman–Crippen LogP) is 6.36. The van der Waals surface area contributed by atoms with Gasteiger partial charge in [-0.2, -0.15) is 0 Å². The quantitative estimate of drug-likeness (QED) is 0.405. The SMILES string of the molecule is CCC[CH2][Sn]([CH2]CCC)([CH2]CCC)[c]1cc(C)ccc1C. The van der Waals surface area contributed by atoms with E-state index in [0.717, 1.165) is 0 Å². The van der Waals surface area contributed by atoms with Crippen LogP contribution in [0.3, 0.4) is 0 Å². The van der Waals surface area contributed by atoms with E-state index in [1.165, 1.54) is 44.1 Å². The van der Waals surface area contributed by atoms with Crippen LogP contribution in [-0.2, 0) is 0 Å². The topological polar surface area (TPSA) is 0 Å². The molecule has 0 atom stereocenters. The fourth-order valence-corrected chi connectivity index (χ4v) is 21.0. The van der Waals surface area contributed by atoms with E-state index < -0.39 is 18.4 Å². The fraction of sp³-hybridized carbons (Fsp3) is 0.700. The van der Waals surface area contributed by atoms with E-state index in [1.807, 2.05) is 3.58 Å². The first-order valence-corrected chi connectivity index (χ1v) is 16.7. The Hall–Kier alpha value is 0.0187. The van der Waals surface area contributed by atoms with E-state index >= 15 is 0 Å². The van der Waals surface area contributed by atoms with E-state index in [-0.39, 0.29) is 0 Å². The first-order valence-electron chi connectivity index (χ1n) is 9.17. The molecule has 0 fully saturated rings. The first kappa shape index (κ1) is 19.1. The summed E-state index contributed by atoms with van der Waals surface area (Å²) in [7, 11) is 0. The zero-order valence-corrected chi connectivity index (χ0v) is 18.0. The molecular formula is C20H36Sn. The van der Waals surface area contributed by atoms with Gasteiger partial charge >= 0.3 is 138 Å². The van der Waals surface area contributed by atoms with E-state index in [2.05, 4.69) is 52.8 Å². The van der Waals surface area contributed by atoms with Crippen molar-refractivity contribution in [2.75, 3.05) is 0 Å². The molecule has 21 heavy (non-hydrogen) atoms. The van der Waals surface area contributed by atoms with Crippen molar-refractivity contribution in [3.8, 4) is 0 Å². The molecule has 0 saturated carbocycles. The van der Waals surface area contributed by atoms with Crippen molar-refractivity contribution in [1.29, 1.82) is 0 Å². The number of hydrogen-bond acceptors (Lipinski definition) is 0. The second-order valence-corrected chi connectivity index (χ2v) is 20.0. The van der Waals surface area contributed by atoms with Crippen LogP contribution in [0.5, 0.6) is 0 Å². The molecule has 0 aliphatic heterocycles. The molecule has 0 bridgehead atoms. The van der Waals surface area contributed by atoms with Crippen LogP contribution in [0.2, 0.25) is 13.3 Å². The number of hydrogen-bond donors (Lipinski definition) is 0. The normalized spacial score (nSPS) is 11.9. The molecule has 0 amide bonds. The summed E-state index contributed by atoms with van der Waals surface area (Å²) in [5, 5.41) is 0.